The van der Waals surface area contributed by atoms with Crippen molar-refractivity contribution in [1.82, 2.24) is 0 Å². The van der Waals surface area contributed by atoms with Gasteiger partial charge in [0.2, 0.25) is 0 Å². The van der Waals surface area contributed by atoms with Gasteiger partial charge in [0.1, 0.15) is 0 Å². The largest absolute Gasteiger partial charge is 0 e. The Bertz CT molecular complexity index is 1290. The van der Waals surface area contributed by atoms with Crippen LogP contribution in [0.5, 0.6) is 0 Å². The number of benzene rings is 3. The molecule has 0 aromatic heterocycles. The molecular formula is C39H60GaN4NiP3. The van der Waals surface area contributed by atoms with Gasteiger partial charge in [-0.1, -0.05) is 0 Å². The van der Waals surface area contributed by atoms with Crippen molar-refractivity contribution < 1.29 is 16.5 Å². The van der Waals surface area contributed by atoms with Crippen LogP contribution in [-0.4, -0.2) is 69.8 Å². The van der Waals surface area contributed by atoms with E-state index in [2.05, 4.69) is 172 Å². The Morgan fingerprint density at radius 3 is 0.812 bits per heavy atom. The first-order chi connectivity index (χ1) is 22.3. The molecule has 0 saturated heterocycles. The molecule has 0 saturated carbocycles. The molecule has 0 amide bonds. The number of hydrogen-bond acceptors (Lipinski definition) is 4. The van der Waals surface area contributed by atoms with Gasteiger partial charge in [-0.2, -0.15) is 0 Å². The fraction of sp³-hybridized carbons (Fsp3) is 0.538. The predicted molar refractivity (Wildman–Crippen MR) is 220 cm³/mol. The van der Waals surface area contributed by atoms with Crippen molar-refractivity contribution in [3.63, 3.8) is 0 Å². The normalized spacial score (nSPS) is 14.6. The molecular weight excluding hydrogens is 746 g/mol. The van der Waals surface area contributed by atoms with Crippen molar-refractivity contribution in [2.45, 2.75) is 117 Å². The van der Waals surface area contributed by atoms with Gasteiger partial charge in [-0.3, -0.25) is 0 Å². The first-order valence-electron chi connectivity index (χ1n) is 18.0. The van der Waals surface area contributed by atoms with E-state index in [9.17, 15) is 0 Å². The fourth-order valence-electron chi connectivity index (χ4n) is 7.70. The van der Waals surface area contributed by atoms with E-state index in [-0.39, 0.29) is 40.3 Å². The predicted octanol–water partition coefficient (Wildman–Crippen LogP) is 12.4. The van der Waals surface area contributed by atoms with Crippen molar-refractivity contribution in [2.75, 3.05) is 34.6 Å². The molecule has 0 spiro atoms. The Hall–Kier alpha value is -0.720. The maximum absolute atomic E-state index is 3.06. The zero-order chi connectivity index (χ0) is 34.2. The van der Waals surface area contributed by atoms with E-state index >= 15 is 0 Å². The summed E-state index contributed by atoms with van der Waals surface area (Å²) in [6.07, 6.45) is 3.50. The van der Waals surface area contributed by atoms with Gasteiger partial charge in [0, 0.05) is 16.5 Å². The van der Waals surface area contributed by atoms with Crippen molar-refractivity contribution in [2.24, 2.45) is 0 Å². The van der Waals surface area contributed by atoms with Gasteiger partial charge in [-0.15, -0.1) is 0 Å². The third-order valence-corrected chi connectivity index (χ3v) is 28.3. The van der Waals surface area contributed by atoms with E-state index in [1.807, 2.05) is 0 Å². The molecule has 48 heavy (non-hydrogen) atoms. The first kappa shape index (κ1) is 40.1. The van der Waals surface area contributed by atoms with Gasteiger partial charge in [-0.25, -0.2) is 0 Å². The van der Waals surface area contributed by atoms with E-state index in [1.54, 1.807) is 0 Å². The van der Waals surface area contributed by atoms with Crippen LogP contribution >= 0.6 is 23.8 Å². The summed E-state index contributed by atoms with van der Waals surface area (Å²) < 4.78 is 9.19. The molecule has 0 aliphatic carbocycles. The smallest absolute Gasteiger partial charge is 0 e. The molecule has 0 N–H and O–H groups in total. The molecule has 3 heterocycles. The zero-order valence-corrected chi connectivity index (χ0v) is 37.6. The Morgan fingerprint density at radius 1 is 0.396 bits per heavy atom. The summed E-state index contributed by atoms with van der Waals surface area (Å²) in [6, 6.07) is 28.3. The van der Waals surface area contributed by atoms with E-state index < -0.39 is 16.9 Å². The van der Waals surface area contributed by atoms with Gasteiger partial charge in [0.15, 0.2) is 0 Å². The molecule has 2 bridgehead atoms. The van der Waals surface area contributed by atoms with Crippen LogP contribution < -0.4 is 15.7 Å². The second-order valence-electron chi connectivity index (χ2n) is 15.1. The van der Waals surface area contributed by atoms with E-state index in [4.69, 9.17) is 0 Å². The maximum Gasteiger partial charge on any atom is 0 e. The molecule has 0 unspecified atom stereocenters. The minimum absolute atomic E-state index is 0. The third kappa shape index (κ3) is 8.16. The van der Waals surface area contributed by atoms with Crippen molar-refractivity contribution in [3.05, 3.63) is 72.8 Å². The van der Waals surface area contributed by atoms with Crippen LogP contribution in [0.4, 0.5) is 34.1 Å². The van der Waals surface area contributed by atoms with Gasteiger partial charge in [0.25, 0.3) is 0 Å². The Kier molecular flexibility index (Phi) is 14.4. The Balaban J connectivity index is 0.00000520. The molecule has 0 fully saturated rings. The standard InChI is InChI=1S/C39H60N4P3.Ga.Ni/c1-28(2)44(29(3)4)25-40-34-19-13-16-22-37(34)43(38-23-17-14-20-35(38)41-26-45(30(5)6)31(7)8)39-24-18-15-21-36(39)42-27-46(32(9)10)33(11)12;;/h13-24,28-33H,25-27H2,1-12H3;;/q-3;+3;. The van der Waals surface area contributed by atoms with Crippen LogP contribution in [0, 0.1) is 0 Å². The van der Waals surface area contributed by atoms with Crippen LogP contribution in [0.3, 0.4) is 0 Å². The van der Waals surface area contributed by atoms with Crippen molar-refractivity contribution in [1.29, 1.82) is 0 Å². The molecule has 264 valence electrons. The van der Waals surface area contributed by atoms with Crippen LogP contribution in [0.15, 0.2) is 72.8 Å². The second-order valence-corrected chi connectivity index (χ2v) is 30.6. The summed E-state index contributed by atoms with van der Waals surface area (Å²) in [5.41, 5.74) is 12.4. The Morgan fingerprint density at radius 2 is 0.604 bits per heavy atom. The van der Waals surface area contributed by atoms with Crippen molar-refractivity contribution >= 4 is 74.8 Å². The number of anilines is 6. The summed E-state index contributed by atoms with van der Waals surface area (Å²) in [7, 11) is -0.662. The maximum atomic E-state index is 3.06. The summed E-state index contributed by atoms with van der Waals surface area (Å²) in [6.45, 7) is 29.8. The molecule has 3 aliphatic rings. The van der Waals surface area contributed by atoms with Crippen LogP contribution in [0.1, 0.15) is 83.1 Å². The van der Waals surface area contributed by atoms with Gasteiger partial charge in [0.05, 0.1) is 0 Å². The average Bonchev–Trinajstić information content (AvgIpc) is 3.00. The fourth-order valence-corrected chi connectivity index (χ4v) is 26.6. The van der Waals surface area contributed by atoms with Gasteiger partial charge >= 0.3 is 299 Å². The summed E-state index contributed by atoms with van der Waals surface area (Å²) in [5, 5.41) is 0. The summed E-state index contributed by atoms with van der Waals surface area (Å²) >= 11 is -2.87. The van der Waals surface area contributed by atoms with Crippen LogP contribution in [-0.2, 0) is 16.5 Å². The van der Waals surface area contributed by atoms with Gasteiger partial charge in [-0.05, 0) is 0 Å². The quantitative estimate of drug-likeness (QED) is 0.133. The Labute approximate surface area is 313 Å². The number of para-hydroxylation sites is 6. The number of hydrogen-bond donors (Lipinski definition) is 0. The molecule has 3 aromatic rings. The van der Waals surface area contributed by atoms with E-state index in [0.717, 1.165) is 0 Å². The third-order valence-electron chi connectivity index (χ3n) is 10.1. The summed E-state index contributed by atoms with van der Waals surface area (Å²) in [5.74, 6) is 0. The summed E-state index contributed by atoms with van der Waals surface area (Å²) in [4.78, 5) is 2.64. The molecule has 9 heteroatoms. The minimum Gasteiger partial charge on any atom is 0 e. The topological polar surface area (TPSA) is 13.0 Å². The first-order valence-corrected chi connectivity index (χ1v) is 26.2. The van der Waals surface area contributed by atoms with Crippen LogP contribution in [0.25, 0.3) is 0 Å². The van der Waals surface area contributed by atoms with E-state index in [1.165, 1.54) is 53.0 Å². The average molecular weight is 806 g/mol. The monoisotopic (exact) mass is 804 g/mol. The number of nitrogens with zero attached hydrogens (tertiary/aromatic N) is 4. The van der Waals surface area contributed by atoms with Gasteiger partial charge < -0.3 is 0 Å². The molecule has 0 radical (unpaired) electrons. The van der Waals surface area contributed by atoms with Crippen LogP contribution in [0.2, 0.25) is 0 Å². The molecule has 6 rings (SSSR count). The molecule has 4 nitrogen and oxygen atoms in total. The molecule has 0 atom stereocenters. The molecule has 3 aliphatic heterocycles. The van der Waals surface area contributed by atoms with E-state index in [0.29, 0.717) is 34.0 Å². The second kappa shape index (κ2) is 17.2. The zero-order valence-electron chi connectivity index (χ0n) is 31.5. The minimum atomic E-state index is -2.87. The van der Waals surface area contributed by atoms with Crippen molar-refractivity contribution in [3.8, 4) is 0 Å². The molecule has 3 aromatic carbocycles. The number of rotatable bonds is 12. The SMILES string of the molecule is CC(C)P(C[N]1c2ccccc2N2c3ccccc3[N](CP(C(C)C)C(C)C)[Ga]1[N](CP(C(C)C)C(C)C)c1ccccc12)C(C)C.[Ni].